The molecule has 0 saturated heterocycles. The summed E-state index contributed by atoms with van der Waals surface area (Å²) in [5.41, 5.74) is 2.23. The Hall–Kier alpha value is -4.76. The molecule has 2 aromatic carbocycles. The maximum Gasteiger partial charge on any atom is 0.243 e. The lowest BCUT2D eigenvalue weighted by atomic mass is 9.83. The Morgan fingerprint density at radius 3 is 2.25 bits per heavy atom. The molecule has 2 aliphatic rings. The normalized spacial score (nSPS) is 17.8. The number of nitriles is 1. The lowest BCUT2D eigenvalue weighted by molar-refractivity contribution is -0.133. The average Bonchev–Trinajstić information content (AvgIpc) is 3.43. The number of aliphatic hydroxyl groups is 1. The van der Waals surface area contributed by atoms with E-state index in [0.717, 1.165) is 37.7 Å². The number of fused-ring (bicyclic) bond motifs is 1. The van der Waals surface area contributed by atoms with Crippen molar-refractivity contribution in [2.75, 3.05) is 11.9 Å². The van der Waals surface area contributed by atoms with Crippen LogP contribution in [-0.4, -0.2) is 65.4 Å². The highest BCUT2D eigenvalue weighted by Crippen LogP contribution is 2.35. The van der Waals surface area contributed by atoms with Crippen LogP contribution in [0.15, 0.2) is 48.5 Å². The third-order valence-corrected chi connectivity index (χ3v) is 10.0. The van der Waals surface area contributed by atoms with Crippen LogP contribution in [0.4, 0.5) is 5.69 Å². The highest BCUT2D eigenvalue weighted by molar-refractivity contribution is 6.05. The van der Waals surface area contributed by atoms with Crippen molar-refractivity contribution in [2.24, 2.45) is 17.8 Å². The Labute approximate surface area is 313 Å². The van der Waals surface area contributed by atoms with Gasteiger partial charge in [0.25, 0.3) is 0 Å². The van der Waals surface area contributed by atoms with Crippen molar-refractivity contribution < 1.29 is 29.1 Å². The van der Waals surface area contributed by atoms with Gasteiger partial charge in [0.15, 0.2) is 0 Å². The molecule has 0 aromatic heterocycles. The summed E-state index contributed by atoms with van der Waals surface area (Å²) in [5, 5.41) is 35.0. The van der Waals surface area contributed by atoms with E-state index in [4.69, 9.17) is 0 Å². The number of nitrogens with zero attached hydrogens (tertiary/aromatic N) is 1. The average molecular weight is 729 g/mol. The third kappa shape index (κ3) is 12.7. The fourth-order valence-electron chi connectivity index (χ4n) is 7.17. The Balaban J connectivity index is 1.50. The van der Waals surface area contributed by atoms with Gasteiger partial charge < -0.3 is 31.7 Å². The number of rotatable bonds is 18. The summed E-state index contributed by atoms with van der Waals surface area (Å²) >= 11 is 0. The molecule has 5 atom stereocenters. The zero-order chi connectivity index (χ0) is 38.5. The van der Waals surface area contributed by atoms with Crippen LogP contribution in [0, 0.1) is 29.1 Å². The monoisotopic (exact) mass is 728 g/mol. The van der Waals surface area contributed by atoms with Crippen LogP contribution in [0.3, 0.4) is 0 Å². The van der Waals surface area contributed by atoms with Gasteiger partial charge in [-0.25, -0.2) is 0 Å². The van der Waals surface area contributed by atoms with E-state index in [1.165, 1.54) is 0 Å². The van der Waals surface area contributed by atoms with Crippen molar-refractivity contribution in [1.82, 2.24) is 21.3 Å². The summed E-state index contributed by atoms with van der Waals surface area (Å²) in [6.45, 7) is 8.33. The van der Waals surface area contributed by atoms with Gasteiger partial charge in [0.05, 0.1) is 36.1 Å². The Morgan fingerprint density at radius 1 is 0.887 bits per heavy atom. The van der Waals surface area contributed by atoms with Crippen molar-refractivity contribution >= 4 is 35.2 Å². The molecule has 6 N–H and O–H groups in total. The third-order valence-electron chi connectivity index (χ3n) is 10.0. The molecule has 12 heteroatoms. The number of hydrogen-bond donors (Lipinski definition) is 6. The Morgan fingerprint density at radius 2 is 1.58 bits per heavy atom. The molecular formula is C41H56N6O6. The topological polar surface area (TPSA) is 190 Å². The Bertz CT molecular complexity index is 1620. The molecule has 12 nitrogen and oxygen atoms in total. The quantitative estimate of drug-likeness (QED) is 0.133. The van der Waals surface area contributed by atoms with Crippen LogP contribution < -0.4 is 26.6 Å². The van der Waals surface area contributed by atoms with Crippen LogP contribution in [0.1, 0.15) is 108 Å². The van der Waals surface area contributed by atoms with Crippen LogP contribution in [0.2, 0.25) is 0 Å². The van der Waals surface area contributed by atoms with Crippen molar-refractivity contribution in [2.45, 2.75) is 122 Å². The molecule has 0 radical (unpaired) electrons. The van der Waals surface area contributed by atoms with Crippen LogP contribution >= 0.6 is 0 Å². The van der Waals surface area contributed by atoms with Crippen molar-refractivity contribution in [3.05, 3.63) is 65.2 Å². The van der Waals surface area contributed by atoms with E-state index in [2.05, 4.69) is 32.7 Å². The maximum absolute atomic E-state index is 14.0. The number of hydrogen-bond acceptors (Lipinski definition) is 7. The van der Waals surface area contributed by atoms with E-state index < -0.39 is 47.9 Å². The van der Waals surface area contributed by atoms with E-state index in [-0.39, 0.29) is 42.9 Å². The first-order chi connectivity index (χ1) is 25.3. The summed E-state index contributed by atoms with van der Waals surface area (Å²) in [4.78, 5) is 67.1. The molecular weight excluding hydrogens is 672 g/mol. The predicted octanol–water partition coefficient (Wildman–Crippen LogP) is 4.22. The van der Waals surface area contributed by atoms with Gasteiger partial charge in [-0.1, -0.05) is 90.1 Å². The lowest BCUT2D eigenvalue weighted by Gasteiger charge is -2.32. The minimum atomic E-state index is -1.12. The molecule has 286 valence electrons. The first-order valence-corrected chi connectivity index (χ1v) is 19.1. The van der Waals surface area contributed by atoms with Gasteiger partial charge in [0.1, 0.15) is 12.1 Å². The fourth-order valence-corrected chi connectivity index (χ4v) is 7.17. The van der Waals surface area contributed by atoms with Gasteiger partial charge in [0, 0.05) is 25.1 Å². The van der Waals surface area contributed by atoms with E-state index in [0.29, 0.717) is 42.1 Å². The van der Waals surface area contributed by atoms with E-state index >= 15 is 0 Å². The Kier molecular flexibility index (Phi) is 15.4. The molecule has 1 unspecified atom stereocenters. The largest absolute Gasteiger partial charge is 0.390 e. The zero-order valence-corrected chi connectivity index (χ0v) is 31.5. The van der Waals surface area contributed by atoms with Gasteiger partial charge in [-0.05, 0) is 59.9 Å². The number of nitrogens with one attached hydrogen (secondary N) is 5. The minimum Gasteiger partial charge on any atom is -0.390 e. The first kappa shape index (κ1) is 41.0. The van der Waals surface area contributed by atoms with Crippen molar-refractivity contribution in [1.29, 1.82) is 5.26 Å². The molecule has 1 heterocycles. The smallest absolute Gasteiger partial charge is 0.243 e. The first-order valence-electron chi connectivity index (χ1n) is 19.1. The summed E-state index contributed by atoms with van der Waals surface area (Å²) in [5.74, 6) is -2.50. The molecule has 1 fully saturated rings. The maximum atomic E-state index is 14.0. The summed E-state index contributed by atoms with van der Waals surface area (Å²) < 4.78 is 0. The fraction of sp³-hybridized carbons (Fsp3) is 0.561. The highest BCUT2D eigenvalue weighted by Gasteiger charge is 2.35. The number of amides is 5. The predicted molar refractivity (Wildman–Crippen MR) is 202 cm³/mol. The molecule has 1 aliphatic carbocycles. The molecule has 53 heavy (non-hydrogen) atoms. The van der Waals surface area contributed by atoms with Gasteiger partial charge in [-0.15, -0.1) is 0 Å². The number of benzene rings is 2. The second-order valence-electron chi connectivity index (χ2n) is 15.5. The molecule has 5 amide bonds. The van der Waals surface area contributed by atoms with E-state index in [9.17, 15) is 34.3 Å². The van der Waals surface area contributed by atoms with Crippen LogP contribution in [0.25, 0.3) is 0 Å². The molecule has 0 bridgehead atoms. The second-order valence-corrected chi connectivity index (χ2v) is 15.5. The number of carbonyl (C=O) groups excluding carboxylic acids is 5. The van der Waals surface area contributed by atoms with Crippen molar-refractivity contribution in [3.63, 3.8) is 0 Å². The molecule has 2 aromatic rings. The summed E-state index contributed by atoms with van der Waals surface area (Å²) in [6.07, 6.45) is 4.72. The molecule has 1 saturated carbocycles. The van der Waals surface area contributed by atoms with Gasteiger partial charge in [0.2, 0.25) is 29.5 Å². The second kappa shape index (κ2) is 19.9. The van der Waals surface area contributed by atoms with E-state index in [1.54, 1.807) is 18.2 Å². The molecule has 0 spiro atoms. The van der Waals surface area contributed by atoms with Gasteiger partial charge >= 0.3 is 0 Å². The van der Waals surface area contributed by atoms with Crippen LogP contribution in [-0.2, 0) is 30.4 Å². The molecule has 1 aliphatic heterocycles. The van der Waals surface area contributed by atoms with Gasteiger partial charge in [-0.2, -0.15) is 5.26 Å². The lowest BCUT2D eigenvalue weighted by Crippen LogP contribution is -2.57. The minimum absolute atomic E-state index is 0.0102. The van der Waals surface area contributed by atoms with Gasteiger partial charge in [-0.3, -0.25) is 24.0 Å². The van der Waals surface area contributed by atoms with Crippen LogP contribution in [0.5, 0.6) is 0 Å². The number of aliphatic hydroxyl groups excluding tert-OH is 1. The SMILES string of the molecule is CC(C)CNC(=O)C[C@H](O)[C@H](CC1CCCCC1)NC(=O)[C@H](CC(C)C)NC(=O)[C@H](Cc1ccccc1)NC(=O)CC1C(=O)Nc2ccc(C#N)cc21. The molecule has 4 rings (SSSR count). The van der Waals surface area contributed by atoms with E-state index in [1.807, 2.05) is 58.0 Å². The standard InChI is InChI=1S/C41H56N6O6/c1-25(2)17-34(40(52)46-33(19-27-11-7-5-8-12-27)36(48)22-37(49)43-24-26(3)4)47-41(53)35(20-28-13-9-6-10-14-28)44-38(50)21-31-30-18-29(23-42)15-16-32(30)45-39(31)51/h6,9-10,13-16,18,25-27,31,33-36,48H,5,7-8,11-12,17,19-22,24H2,1-4H3,(H,43,49)(H,44,50)(H,45,51)(H,46,52)(H,47,53)/t31?,33-,34-,35-,36-/m0/s1. The highest BCUT2D eigenvalue weighted by atomic mass is 16.3. The number of carbonyl (C=O) groups is 5. The summed E-state index contributed by atoms with van der Waals surface area (Å²) in [6, 6.07) is 13.3. The summed E-state index contributed by atoms with van der Waals surface area (Å²) in [7, 11) is 0. The zero-order valence-electron chi connectivity index (χ0n) is 31.5. The van der Waals surface area contributed by atoms with Crippen molar-refractivity contribution in [3.8, 4) is 6.07 Å². The number of anilines is 1.